The highest BCUT2D eigenvalue weighted by Crippen LogP contribution is 2.45. The van der Waals surface area contributed by atoms with Crippen molar-refractivity contribution in [2.75, 3.05) is 6.54 Å². The molecule has 36 heavy (non-hydrogen) atoms. The fraction of sp³-hybridized carbons (Fsp3) is 0.429. The lowest BCUT2D eigenvalue weighted by Crippen LogP contribution is -2.55. The Bertz CT molecular complexity index is 1290. The molecule has 1 aliphatic rings. The molecule has 0 unspecified atom stereocenters. The molecule has 0 aliphatic carbocycles. The van der Waals surface area contributed by atoms with E-state index < -0.39 is 29.4 Å². The second-order valence-electron chi connectivity index (χ2n) is 10.9. The summed E-state index contributed by atoms with van der Waals surface area (Å²) in [6.07, 6.45) is -1.09. The number of hydrogen-bond donors (Lipinski definition) is 1. The number of aliphatic hydroxyl groups is 1. The van der Waals surface area contributed by atoms with Gasteiger partial charge in [-0.15, -0.1) is 0 Å². The first-order valence-corrected chi connectivity index (χ1v) is 12.4. The van der Waals surface area contributed by atoms with E-state index in [2.05, 4.69) is 0 Å². The number of aliphatic hydroxyl groups excluding tert-OH is 1. The summed E-state index contributed by atoms with van der Waals surface area (Å²) in [5.41, 5.74) is 0.993. The van der Waals surface area contributed by atoms with Gasteiger partial charge in [0, 0.05) is 24.2 Å². The van der Waals surface area contributed by atoms with Gasteiger partial charge in [-0.1, -0.05) is 30.3 Å². The molecule has 0 radical (unpaired) electrons. The normalized spacial score (nSPS) is 18.9. The van der Waals surface area contributed by atoms with Crippen LogP contribution < -0.4 is 9.47 Å². The van der Waals surface area contributed by atoms with E-state index in [1.165, 1.54) is 0 Å². The number of pyridine rings is 1. The van der Waals surface area contributed by atoms with Crippen LogP contribution in [0.4, 0.5) is 4.79 Å². The molecule has 0 saturated heterocycles. The smallest absolute Gasteiger partial charge is 0.410 e. The van der Waals surface area contributed by atoms with E-state index in [0.29, 0.717) is 39.9 Å². The zero-order valence-corrected chi connectivity index (χ0v) is 22.3. The van der Waals surface area contributed by atoms with Crippen LogP contribution in [0.15, 0.2) is 48.5 Å². The van der Waals surface area contributed by atoms with Gasteiger partial charge in [0.1, 0.15) is 23.1 Å². The number of fused-ring (bicyclic) bond motifs is 2. The maximum absolute atomic E-state index is 13.5. The van der Waals surface area contributed by atoms with Crippen LogP contribution in [-0.2, 0) is 11.2 Å². The lowest BCUT2D eigenvalue weighted by molar-refractivity contribution is -0.574. The average molecular weight is 513 g/mol. The number of rotatable bonds is 4. The molecule has 4 rings (SSSR count). The van der Waals surface area contributed by atoms with Gasteiger partial charge in [-0.2, -0.15) is 4.73 Å². The van der Waals surface area contributed by atoms with Crippen molar-refractivity contribution in [2.24, 2.45) is 0 Å². The molecule has 1 aliphatic heterocycles. The number of benzene rings is 2. The summed E-state index contributed by atoms with van der Waals surface area (Å²) in [5, 5.41) is 25.1. The number of ether oxygens (including phenoxy) is 2. The minimum atomic E-state index is -1.09. The molecule has 1 aromatic heterocycles. The van der Waals surface area contributed by atoms with Crippen LogP contribution in [0.5, 0.6) is 5.75 Å². The Balaban J connectivity index is 1.87. The van der Waals surface area contributed by atoms with Crippen LogP contribution in [0, 0.1) is 12.1 Å². The van der Waals surface area contributed by atoms with Gasteiger partial charge in [0.05, 0.1) is 11.4 Å². The Morgan fingerprint density at radius 2 is 1.89 bits per heavy atom. The molecule has 192 valence electrons. The van der Waals surface area contributed by atoms with E-state index in [1.54, 1.807) is 57.7 Å². The summed E-state index contributed by atoms with van der Waals surface area (Å²) in [5.74, 6) is 0.501. The van der Waals surface area contributed by atoms with Crippen molar-refractivity contribution in [2.45, 2.75) is 71.3 Å². The third-order valence-corrected chi connectivity index (χ3v) is 6.72. The van der Waals surface area contributed by atoms with Crippen molar-refractivity contribution in [3.05, 3.63) is 75.6 Å². The summed E-state index contributed by atoms with van der Waals surface area (Å²) in [6.45, 7) is 11.1. The highest BCUT2D eigenvalue weighted by molar-refractivity contribution is 6.28. The lowest BCUT2D eigenvalue weighted by atomic mass is 9.84. The quantitative estimate of drug-likeness (QED) is 0.284. The topological polar surface area (TPSA) is 85.9 Å². The molecule has 0 fully saturated rings. The van der Waals surface area contributed by atoms with Crippen molar-refractivity contribution in [3.8, 4) is 5.75 Å². The summed E-state index contributed by atoms with van der Waals surface area (Å²) in [7, 11) is 0. The second kappa shape index (κ2) is 9.45. The predicted octanol–water partition coefficient (Wildman–Crippen LogP) is 5.49. The molecule has 3 aromatic rings. The van der Waals surface area contributed by atoms with E-state index in [1.807, 2.05) is 37.3 Å². The van der Waals surface area contributed by atoms with Crippen LogP contribution in [0.2, 0.25) is 5.15 Å². The minimum absolute atomic E-state index is 0.0437. The first-order valence-electron chi connectivity index (χ1n) is 12.1. The van der Waals surface area contributed by atoms with E-state index in [4.69, 9.17) is 21.1 Å². The number of carbonyl (C=O) groups is 1. The zero-order valence-electron chi connectivity index (χ0n) is 21.5. The molecule has 0 spiro atoms. The monoisotopic (exact) mass is 512 g/mol. The van der Waals surface area contributed by atoms with Crippen LogP contribution in [0.25, 0.3) is 10.9 Å². The van der Waals surface area contributed by atoms with Gasteiger partial charge in [0.15, 0.2) is 0 Å². The average Bonchev–Trinajstić information content (AvgIpc) is 2.78. The zero-order chi connectivity index (χ0) is 26.4. The maximum atomic E-state index is 13.5. The number of nitrogens with zero attached hydrogens (tertiary/aromatic N) is 2. The largest absolute Gasteiger partial charge is 0.617 e. The van der Waals surface area contributed by atoms with E-state index in [-0.39, 0.29) is 5.15 Å². The van der Waals surface area contributed by atoms with Crippen LogP contribution >= 0.6 is 11.6 Å². The fourth-order valence-corrected chi connectivity index (χ4v) is 4.86. The first-order chi connectivity index (χ1) is 16.8. The molecule has 0 saturated carbocycles. The van der Waals surface area contributed by atoms with Gasteiger partial charge in [-0.05, 0) is 76.8 Å². The number of halogens is 1. The summed E-state index contributed by atoms with van der Waals surface area (Å²) in [6, 6.07) is 14.1. The summed E-state index contributed by atoms with van der Waals surface area (Å²) >= 11 is 6.17. The molecule has 1 N–H and O–H groups in total. The van der Waals surface area contributed by atoms with Crippen LogP contribution in [-0.4, -0.2) is 40.0 Å². The SMILES string of the molecule is Cc1cc(Cl)[n+]([O-])c2cc3c(cc12)OC(C)(C)[C@H](O)[C@H]3N(CCc1ccccc1)C(=O)OC(C)(C)C. The third kappa shape index (κ3) is 5.08. The van der Waals surface area contributed by atoms with Crippen LogP contribution in [0.3, 0.4) is 0 Å². The number of hydrogen-bond acceptors (Lipinski definition) is 5. The predicted molar refractivity (Wildman–Crippen MR) is 139 cm³/mol. The molecule has 2 atom stereocenters. The Labute approximate surface area is 216 Å². The van der Waals surface area contributed by atoms with Crippen molar-refractivity contribution < 1.29 is 24.1 Å². The van der Waals surface area contributed by atoms with Crippen molar-refractivity contribution in [1.29, 1.82) is 0 Å². The number of amides is 1. The van der Waals surface area contributed by atoms with Gasteiger partial charge < -0.3 is 19.8 Å². The van der Waals surface area contributed by atoms with Gasteiger partial charge in [-0.3, -0.25) is 4.90 Å². The van der Waals surface area contributed by atoms with Gasteiger partial charge in [0.25, 0.3) is 5.15 Å². The maximum Gasteiger partial charge on any atom is 0.410 e. The summed E-state index contributed by atoms with van der Waals surface area (Å²) < 4.78 is 12.6. The van der Waals surface area contributed by atoms with Gasteiger partial charge >= 0.3 is 6.09 Å². The van der Waals surface area contributed by atoms with Gasteiger partial charge in [0.2, 0.25) is 5.52 Å². The molecule has 2 heterocycles. The molecule has 0 bridgehead atoms. The molecule has 8 heteroatoms. The van der Waals surface area contributed by atoms with E-state index >= 15 is 0 Å². The highest BCUT2D eigenvalue weighted by Gasteiger charge is 2.48. The molecule has 7 nitrogen and oxygen atoms in total. The lowest BCUT2D eigenvalue weighted by Gasteiger charge is -2.46. The molecule has 2 aromatic carbocycles. The Morgan fingerprint density at radius 3 is 2.53 bits per heavy atom. The number of aromatic nitrogens is 1. The fourth-order valence-electron chi connectivity index (χ4n) is 4.61. The minimum Gasteiger partial charge on any atom is -0.617 e. The Kier molecular flexibility index (Phi) is 6.84. The number of carbonyl (C=O) groups excluding carboxylic acids is 1. The second-order valence-corrected chi connectivity index (χ2v) is 11.2. The van der Waals surface area contributed by atoms with Crippen LogP contribution in [0.1, 0.15) is 57.4 Å². The molecular weight excluding hydrogens is 480 g/mol. The third-order valence-electron chi connectivity index (χ3n) is 6.45. The van der Waals surface area contributed by atoms with Crippen molar-refractivity contribution >= 4 is 28.6 Å². The number of aryl methyl sites for hydroxylation is 1. The van der Waals surface area contributed by atoms with E-state index in [9.17, 15) is 15.1 Å². The van der Waals surface area contributed by atoms with Crippen molar-refractivity contribution in [1.82, 2.24) is 4.90 Å². The van der Waals surface area contributed by atoms with E-state index in [0.717, 1.165) is 11.1 Å². The Hall–Kier alpha value is -3.03. The standard InChI is InChI=1S/C28H33ClN2O5/c1-17-14-23(29)31(34)21-15-20-22(16-19(17)21)35-28(5,6)25(32)24(20)30(26(33)36-27(2,3)4)13-12-18-10-8-7-9-11-18/h7-11,14-16,24-25,32H,12-13H2,1-6H3/t24-,25+/m0/s1. The molecule has 1 amide bonds. The van der Waals surface area contributed by atoms with Gasteiger partial charge in [-0.25, -0.2) is 4.79 Å². The summed E-state index contributed by atoms with van der Waals surface area (Å²) in [4.78, 5) is 15.1. The highest BCUT2D eigenvalue weighted by atomic mass is 35.5. The Morgan fingerprint density at radius 1 is 1.22 bits per heavy atom. The first kappa shape index (κ1) is 26.0. The molecular formula is C28H33ClN2O5. The van der Waals surface area contributed by atoms with Crippen molar-refractivity contribution in [3.63, 3.8) is 0 Å².